The molecule has 9 heteroatoms. The number of carbonyl (C=O) groups is 2. The molecule has 3 aromatic rings. The summed E-state index contributed by atoms with van der Waals surface area (Å²) in [6.07, 6.45) is 1.49. The predicted molar refractivity (Wildman–Crippen MR) is 109 cm³/mol. The van der Waals surface area contributed by atoms with Crippen LogP contribution >= 0.6 is 0 Å². The van der Waals surface area contributed by atoms with Crippen LogP contribution in [0, 0.1) is 0 Å². The molecule has 0 aliphatic carbocycles. The molecule has 0 aliphatic heterocycles. The van der Waals surface area contributed by atoms with Gasteiger partial charge in [0.2, 0.25) is 5.91 Å². The van der Waals surface area contributed by atoms with E-state index in [0.29, 0.717) is 11.3 Å². The van der Waals surface area contributed by atoms with Gasteiger partial charge in [0.05, 0.1) is 24.8 Å². The van der Waals surface area contributed by atoms with E-state index in [1.165, 1.54) is 13.4 Å². The third-order valence-corrected chi connectivity index (χ3v) is 4.00. The van der Waals surface area contributed by atoms with Gasteiger partial charge in [-0.15, -0.1) is 0 Å². The van der Waals surface area contributed by atoms with Gasteiger partial charge in [-0.2, -0.15) is 0 Å². The minimum Gasteiger partial charge on any atom is -0.465 e. The fraction of sp³-hybridized carbons (Fsp3) is 0.100. The molecule has 9 nitrogen and oxygen atoms in total. The van der Waals surface area contributed by atoms with Gasteiger partial charge in [-0.3, -0.25) is 15.6 Å². The molecule has 2 aromatic carbocycles. The molecule has 0 atom stereocenters. The lowest BCUT2D eigenvalue weighted by molar-refractivity contribution is -0.119. The van der Waals surface area contributed by atoms with Crippen LogP contribution in [0.2, 0.25) is 0 Å². The number of esters is 1. The number of hydrogen-bond donors (Lipinski definition) is 4. The Hall–Kier alpha value is -4.14. The number of aromatic nitrogens is 2. The van der Waals surface area contributed by atoms with E-state index in [4.69, 9.17) is 10.5 Å². The fourth-order valence-electron chi connectivity index (χ4n) is 2.56. The molecular formula is C20H20N6O3. The molecule has 0 saturated carbocycles. The topological polar surface area (TPSA) is 131 Å². The number of methoxy groups -OCH3 is 1. The smallest absolute Gasteiger partial charge is 0.339 e. The van der Waals surface area contributed by atoms with Crippen molar-refractivity contribution >= 4 is 34.9 Å². The van der Waals surface area contributed by atoms with Crippen molar-refractivity contribution in [1.29, 1.82) is 0 Å². The number of nitrogens with two attached hydrogens (primary N) is 1. The maximum absolute atomic E-state index is 12.1. The lowest BCUT2D eigenvalue weighted by atomic mass is 10.1. The fourth-order valence-corrected chi connectivity index (χ4v) is 2.56. The zero-order chi connectivity index (χ0) is 20.6. The summed E-state index contributed by atoms with van der Waals surface area (Å²) in [5.41, 5.74) is 13.2. The van der Waals surface area contributed by atoms with Crippen LogP contribution in [0.4, 0.5) is 23.0 Å². The van der Waals surface area contributed by atoms with Gasteiger partial charge < -0.3 is 15.8 Å². The van der Waals surface area contributed by atoms with Crippen molar-refractivity contribution in [3.8, 4) is 0 Å². The number of nitrogens with one attached hydrogen (secondary N) is 3. The Morgan fingerprint density at radius 1 is 1.00 bits per heavy atom. The second-order valence-electron chi connectivity index (χ2n) is 5.98. The molecule has 3 rings (SSSR count). The highest BCUT2D eigenvalue weighted by Gasteiger charge is 2.14. The number of rotatable bonds is 7. The summed E-state index contributed by atoms with van der Waals surface area (Å²) in [6.45, 7) is 0. The molecule has 1 heterocycles. The number of hydrogen-bond acceptors (Lipinski definition) is 8. The number of anilines is 4. The molecular weight excluding hydrogens is 372 g/mol. The van der Waals surface area contributed by atoms with Gasteiger partial charge >= 0.3 is 5.97 Å². The summed E-state index contributed by atoms with van der Waals surface area (Å²) in [6, 6.07) is 16.1. The highest BCUT2D eigenvalue weighted by Crippen LogP contribution is 2.27. The summed E-state index contributed by atoms with van der Waals surface area (Å²) in [5.74, 6) is -0.248. The first-order chi connectivity index (χ1) is 14.1. The molecule has 5 N–H and O–H groups in total. The van der Waals surface area contributed by atoms with Crippen molar-refractivity contribution in [2.75, 3.05) is 23.6 Å². The van der Waals surface area contributed by atoms with Gasteiger partial charge in [0.15, 0.2) is 11.6 Å². The number of nitrogen functional groups attached to an aromatic ring is 1. The van der Waals surface area contributed by atoms with Gasteiger partial charge in [-0.05, 0) is 17.7 Å². The lowest BCUT2D eigenvalue weighted by Gasteiger charge is -2.14. The van der Waals surface area contributed by atoms with Gasteiger partial charge in [0, 0.05) is 0 Å². The van der Waals surface area contributed by atoms with Crippen LogP contribution in [0.1, 0.15) is 15.9 Å². The standard InChI is InChI=1S/C20H20N6O3/c1-29-20(28)14-9-5-6-10-15(14)24-18-17(21)19(23-12-22-18)26-25-16(27)11-13-7-3-2-4-8-13/h2-10,12H,11,21H2,1H3,(H,25,27)(H2,22,23,24,26). The van der Waals surface area contributed by atoms with E-state index in [1.54, 1.807) is 24.3 Å². The van der Waals surface area contributed by atoms with Gasteiger partial charge in [0.25, 0.3) is 0 Å². The Morgan fingerprint density at radius 2 is 1.69 bits per heavy atom. The summed E-state index contributed by atoms with van der Waals surface area (Å²) >= 11 is 0. The molecule has 29 heavy (non-hydrogen) atoms. The molecule has 0 spiro atoms. The third-order valence-electron chi connectivity index (χ3n) is 4.00. The number of ether oxygens (including phenoxy) is 1. The van der Waals surface area contributed by atoms with E-state index in [0.717, 1.165) is 5.56 Å². The SMILES string of the molecule is COC(=O)c1ccccc1Nc1ncnc(NNC(=O)Cc2ccccc2)c1N. The number of amides is 1. The van der Waals surface area contributed by atoms with E-state index in [-0.39, 0.29) is 29.7 Å². The number of hydrazine groups is 1. The second-order valence-corrected chi connectivity index (χ2v) is 5.98. The summed E-state index contributed by atoms with van der Waals surface area (Å²) in [5, 5.41) is 2.99. The van der Waals surface area contributed by atoms with E-state index >= 15 is 0 Å². The van der Waals surface area contributed by atoms with Crippen LogP contribution in [0.15, 0.2) is 60.9 Å². The quantitative estimate of drug-likeness (QED) is 0.356. The number of nitrogens with zero attached hydrogens (tertiary/aromatic N) is 2. The molecule has 0 radical (unpaired) electrons. The highest BCUT2D eigenvalue weighted by atomic mass is 16.5. The Bertz CT molecular complexity index is 1010. The first-order valence-electron chi connectivity index (χ1n) is 8.72. The van der Waals surface area contributed by atoms with Crippen molar-refractivity contribution in [3.63, 3.8) is 0 Å². The maximum atomic E-state index is 12.1. The van der Waals surface area contributed by atoms with Gasteiger partial charge in [-0.25, -0.2) is 14.8 Å². The first-order valence-corrected chi connectivity index (χ1v) is 8.72. The third kappa shape index (κ3) is 4.98. The molecule has 148 valence electrons. The monoisotopic (exact) mass is 392 g/mol. The first kappa shape index (κ1) is 19.6. The normalized spacial score (nSPS) is 10.1. The highest BCUT2D eigenvalue weighted by molar-refractivity contribution is 5.97. The molecule has 0 fully saturated rings. The Kier molecular flexibility index (Phi) is 6.21. The van der Waals surface area contributed by atoms with Crippen molar-refractivity contribution < 1.29 is 14.3 Å². The zero-order valence-corrected chi connectivity index (χ0v) is 15.7. The minimum atomic E-state index is -0.493. The van der Waals surface area contributed by atoms with Crippen molar-refractivity contribution in [1.82, 2.24) is 15.4 Å². The van der Waals surface area contributed by atoms with Crippen molar-refractivity contribution in [2.24, 2.45) is 0 Å². The second kappa shape index (κ2) is 9.18. The zero-order valence-electron chi connectivity index (χ0n) is 15.7. The number of para-hydroxylation sites is 1. The van der Waals surface area contributed by atoms with Crippen LogP contribution in [0.3, 0.4) is 0 Å². The Balaban J connectivity index is 1.70. The maximum Gasteiger partial charge on any atom is 0.339 e. The van der Waals surface area contributed by atoms with E-state index in [9.17, 15) is 9.59 Å². The van der Waals surface area contributed by atoms with Crippen LogP contribution in [-0.2, 0) is 16.0 Å². The van der Waals surface area contributed by atoms with E-state index < -0.39 is 5.97 Å². The summed E-state index contributed by atoms with van der Waals surface area (Å²) < 4.78 is 4.78. The lowest BCUT2D eigenvalue weighted by Crippen LogP contribution is -2.31. The predicted octanol–water partition coefficient (Wildman–Crippen LogP) is 2.27. The average Bonchev–Trinajstić information content (AvgIpc) is 2.75. The molecule has 0 saturated heterocycles. The van der Waals surface area contributed by atoms with Crippen LogP contribution < -0.4 is 21.9 Å². The number of carbonyl (C=O) groups excluding carboxylic acids is 2. The molecule has 1 amide bonds. The van der Waals surface area contributed by atoms with Gasteiger partial charge in [-0.1, -0.05) is 42.5 Å². The number of benzene rings is 2. The summed E-state index contributed by atoms with van der Waals surface area (Å²) in [4.78, 5) is 32.2. The summed E-state index contributed by atoms with van der Waals surface area (Å²) in [7, 11) is 1.30. The molecule has 0 bridgehead atoms. The molecule has 1 aromatic heterocycles. The van der Waals surface area contributed by atoms with Crippen LogP contribution in [0.5, 0.6) is 0 Å². The Morgan fingerprint density at radius 3 is 2.45 bits per heavy atom. The molecule has 0 unspecified atom stereocenters. The average molecular weight is 392 g/mol. The molecule has 0 aliphatic rings. The van der Waals surface area contributed by atoms with Crippen molar-refractivity contribution in [2.45, 2.75) is 6.42 Å². The minimum absolute atomic E-state index is 0.173. The van der Waals surface area contributed by atoms with Crippen LogP contribution in [-0.4, -0.2) is 29.0 Å². The largest absolute Gasteiger partial charge is 0.465 e. The Labute approximate surface area is 167 Å². The van der Waals surface area contributed by atoms with Gasteiger partial charge in [0.1, 0.15) is 12.0 Å². The van der Waals surface area contributed by atoms with Crippen LogP contribution in [0.25, 0.3) is 0 Å². The van der Waals surface area contributed by atoms with E-state index in [1.807, 2.05) is 30.3 Å². The van der Waals surface area contributed by atoms with E-state index in [2.05, 4.69) is 26.1 Å². The van der Waals surface area contributed by atoms with Crippen molar-refractivity contribution in [3.05, 3.63) is 72.1 Å².